The molecule has 0 spiro atoms. The molecule has 0 aliphatic carbocycles. The summed E-state index contributed by atoms with van der Waals surface area (Å²) in [6.07, 6.45) is -2.64. The summed E-state index contributed by atoms with van der Waals surface area (Å²) in [7, 11) is 0. The molecule has 0 amide bonds. The van der Waals surface area contributed by atoms with Crippen molar-refractivity contribution < 1.29 is 23.8 Å². The van der Waals surface area contributed by atoms with Crippen molar-refractivity contribution in [3.8, 4) is 5.75 Å². The fourth-order valence-electron chi connectivity index (χ4n) is 1.17. The Labute approximate surface area is 85.0 Å². The summed E-state index contributed by atoms with van der Waals surface area (Å²) in [6, 6.07) is 3.46. The first-order chi connectivity index (χ1) is 7.00. The minimum Gasteiger partial charge on any atom is -0.508 e. The first-order valence-corrected chi connectivity index (χ1v) is 4.32. The lowest BCUT2D eigenvalue weighted by molar-refractivity contribution is -0.136. The summed E-state index contributed by atoms with van der Waals surface area (Å²) in [4.78, 5) is 10.3. The van der Waals surface area contributed by atoms with Gasteiger partial charge in [0, 0.05) is 12.0 Å². The van der Waals surface area contributed by atoms with Gasteiger partial charge < -0.3 is 10.2 Å². The Kier molecular flexibility index (Phi) is 3.60. The van der Waals surface area contributed by atoms with E-state index in [2.05, 4.69) is 0 Å². The highest BCUT2D eigenvalue weighted by molar-refractivity contribution is 5.67. The van der Waals surface area contributed by atoms with Crippen molar-refractivity contribution >= 4 is 5.97 Å². The van der Waals surface area contributed by atoms with Crippen LogP contribution in [0.3, 0.4) is 0 Å². The van der Waals surface area contributed by atoms with E-state index in [9.17, 15) is 18.7 Å². The fourth-order valence-corrected chi connectivity index (χ4v) is 1.17. The molecule has 0 saturated carbocycles. The maximum absolute atomic E-state index is 12.2. The first kappa shape index (κ1) is 11.4. The summed E-state index contributed by atoms with van der Waals surface area (Å²) in [5.41, 5.74) is 0.0911. The number of aliphatic carboxylic acids is 1. The summed E-state index contributed by atoms with van der Waals surface area (Å²) in [6.45, 7) is 0. The fraction of sp³-hybridized carbons (Fsp3) is 0.300. The van der Waals surface area contributed by atoms with Crippen LogP contribution in [0.25, 0.3) is 0 Å². The number of carbonyl (C=O) groups is 1. The lowest BCUT2D eigenvalue weighted by Gasteiger charge is -2.05. The van der Waals surface area contributed by atoms with E-state index in [1.807, 2.05) is 0 Å². The molecular formula is C10H10F2O3. The number of alkyl halides is 2. The summed E-state index contributed by atoms with van der Waals surface area (Å²) in [5, 5.41) is 17.7. The van der Waals surface area contributed by atoms with Crippen LogP contribution in [0.15, 0.2) is 18.2 Å². The van der Waals surface area contributed by atoms with E-state index in [-0.39, 0.29) is 24.2 Å². The van der Waals surface area contributed by atoms with Gasteiger partial charge in [-0.1, -0.05) is 12.1 Å². The van der Waals surface area contributed by atoms with Gasteiger partial charge in [0.15, 0.2) is 0 Å². The minimum absolute atomic E-state index is 0.130. The number of hydrogen-bond acceptors (Lipinski definition) is 2. The molecular weight excluding hydrogens is 206 g/mol. The number of aryl methyl sites for hydroxylation is 1. The Balaban J connectivity index is 2.79. The Morgan fingerprint density at radius 2 is 2.07 bits per heavy atom. The molecule has 1 rings (SSSR count). The Morgan fingerprint density at radius 1 is 1.40 bits per heavy atom. The van der Waals surface area contributed by atoms with Crippen molar-refractivity contribution in [2.45, 2.75) is 19.3 Å². The Hall–Kier alpha value is -1.65. The normalized spacial score (nSPS) is 10.6. The van der Waals surface area contributed by atoms with Crippen LogP contribution >= 0.6 is 0 Å². The number of hydrogen-bond donors (Lipinski definition) is 2. The highest BCUT2D eigenvalue weighted by atomic mass is 19.3. The molecule has 0 bridgehead atoms. The van der Waals surface area contributed by atoms with Crippen LogP contribution in [0.5, 0.6) is 5.75 Å². The zero-order chi connectivity index (χ0) is 11.4. The van der Waals surface area contributed by atoms with E-state index in [4.69, 9.17) is 5.11 Å². The molecule has 0 aliphatic rings. The van der Waals surface area contributed by atoms with Crippen molar-refractivity contribution in [1.29, 1.82) is 0 Å². The van der Waals surface area contributed by atoms with E-state index in [1.165, 1.54) is 12.1 Å². The van der Waals surface area contributed by atoms with Crippen molar-refractivity contribution in [3.63, 3.8) is 0 Å². The molecule has 0 unspecified atom stereocenters. The monoisotopic (exact) mass is 216 g/mol. The third kappa shape index (κ3) is 3.19. The predicted molar refractivity (Wildman–Crippen MR) is 49.0 cm³/mol. The first-order valence-electron chi connectivity index (χ1n) is 4.32. The van der Waals surface area contributed by atoms with Crippen molar-refractivity contribution in [1.82, 2.24) is 0 Å². The van der Waals surface area contributed by atoms with Crippen LogP contribution in [0.2, 0.25) is 0 Å². The van der Waals surface area contributed by atoms with Crippen LogP contribution < -0.4 is 0 Å². The summed E-state index contributed by atoms with van der Waals surface area (Å²) < 4.78 is 24.4. The van der Waals surface area contributed by atoms with Gasteiger partial charge in [0.1, 0.15) is 5.75 Å². The van der Waals surface area contributed by atoms with Gasteiger partial charge in [-0.2, -0.15) is 0 Å². The van der Waals surface area contributed by atoms with Crippen molar-refractivity contribution in [2.24, 2.45) is 0 Å². The van der Waals surface area contributed by atoms with Gasteiger partial charge in [-0.05, 0) is 18.1 Å². The zero-order valence-corrected chi connectivity index (χ0v) is 7.78. The molecule has 0 aromatic heterocycles. The van der Waals surface area contributed by atoms with Gasteiger partial charge in [-0.3, -0.25) is 4.79 Å². The third-order valence-electron chi connectivity index (χ3n) is 1.97. The van der Waals surface area contributed by atoms with Gasteiger partial charge in [-0.15, -0.1) is 0 Å². The molecule has 0 fully saturated rings. The lowest BCUT2D eigenvalue weighted by Crippen LogP contribution is -1.98. The molecule has 5 heteroatoms. The van der Waals surface area contributed by atoms with Gasteiger partial charge in [0.2, 0.25) is 0 Å². The maximum Gasteiger partial charge on any atom is 0.303 e. The zero-order valence-electron chi connectivity index (χ0n) is 7.78. The van der Waals surface area contributed by atoms with Crippen LogP contribution in [-0.2, 0) is 11.2 Å². The molecule has 0 aliphatic heterocycles. The number of aromatic hydroxyl groups is 1. The number of halogens is 2. The Morgan fingerprint density at radius 3 is 2.53 bits per heavy atom. The van der Waals surface area contributed by atoms with Gasteiger partial charge in [0.05, 0.1) is 0 Å². The van der Waals surface area contributed by atoms with E-state index in [1.54, 1.807) is 0 Å². The second-order valence-electron chi connectivity index (χ2n) is 3.08. The van der Waals surface area contributed by atoms with Crippen molar-refractivity contribution in [3.05, 3.63) is 29.3 Å². The molecule has 0 heterocycles. The number of phenols is 1. The molecule has 82 valence electrons. The number of phenolic OH excluding ortho intramolecular Hbond substituents is 1. The highest BCUT2D eigenvalue weighted by Crippen LogP contribution is 2.26. The van der Waals surface area contributed by atoms with E-state index < -0.39 is 12.4 Å². The van der Waals surface area contributed by atoms with Crippen LogP contribution in [0, 0.1) is 0 Å². The van der Waals surface area contributed by atoms with E-state index in [0.29, 0.717) is 5.56 Å². The highest BCUT2D eigenvalue weighted by Gasteiger charge is 2.10. The van der Waals surface area contributed by atoms with Crippen molar-refractivity contribution in [2.75, 3.05) is 0 Å². The minimum atomic E-state index is -2.63. The molecule has 2 N–H and O–H groups in total. The molecule has 0 radical (unpaired) electrons. The molecule has 3 nitrogen and oxygen atoms in total. The smallest absolute Gasteiger partial charge is 0.303 e. The SMILES string of the molecule is O=C(O)CCc1ccc(C(F)F)cc1O. The topological polar surface area (TPSA) is 57.5 Å². The maximum atomic E-state index is 12.2. The van der Waals surface area contributed by atoms with Crippen LogP contribution in [-0.4, -0.2) is 16.2 Å². The molecule has 0 atom stereocenters. The quantitative estimate of drug-likeness (QED) is 0.812. The summed E-state index contributed by atoms with van der Waals surface area (Å²) in [5.74, 6) is -1.28. The number of carboxylic acids is 1. The second kappa shape index (κ2) is 4.72. The molecule has 15 heavy (non-hydrogen) atoms. The summed E-state index contributed by atoms with van der Waals surface area (Å²) >= 11 is 0. The molecule has 1 aromatic carbocycles. The van der Waals surface area contributed by atoms with Crippen LogP contribution in [0.1, 0.15) is 24.0 Å². The standard InChI is InChI=1S/C10H10F2O3/c11-10(12)7-2-1-6(8(13)5-7)3-4-9(14)15/h1-2,5,10,13H,3-4H2,(H,14,15). The second-order valence-corrected chi connectivity index (χ2v) is 3.08. The largest absolute Gasteiger partial charge is 0.508 e. The lowest BCUT2D eigenvalue weighted by atomic mass is 10.1. The van der Waals surface area contributed by atoms with E-state index in [0.717, 1.165) is 6.07 Å². The number of rotatable bonds is 4. The number of benzene rings is 1. The van der Waals surface area contributed by atoms with Gasteiger partial charge in [0.25, 0.3) is 6.43 Å². The van der Waals surface area contributed by atoms with Gasteiger partial charge >= 0.3 is 5.97 Å². The van der Waals surface area contributed by atoms with Gasteiger partial charge in [-0.25, -0.2) is 8.78 Å². The number of carboxylic acid groups (broad SMARTS) is 1. The van der Waals surface area contributed by atoms with Crippen LogP contribution in [0.4, 0.5) is 8.78 Å². The third-order valence-corrected chi connectivity index (χ3v) is 1.97. The average molecular weight is 216 g/mol. The average Bonchev–Trinajstić information content (AvgIpc) is 2.15. The predicted octanol–water partition coefficient (Wildman–Crippen LogP) is 2.35. The molecule has 1 aromatic rings. The molecule has 0 saturated heterocycles. The Bertz CT molecular complexity index is 364. The van der Waals surface area contributed by atoms with E-state index >= 15 is 0 Å².